The fraction of sp³-hybridized carbons (Fsp3) is 0.656. The summed E-state index contributed by atoms with van der Waals surface area (Å²) in [7, 11) is -3.74. The molecule has 0 aliphatic heterocycles. The van der Waals surface area contributed by atoms with Crippen molar-refractivity contribution in [1.29, 1.82) is 0 Å². The van der Waals surface area contributed by atoms with Gasteiger partial charge in [-0.2, -0.15) is 0 Å². The molecular formula is C32H53N2O5P. The van der Waals surface area contributed by atoms with Gasteiger partial charge in [-0.15, -0.1) is 0 Å². The van der Waals surface area contributed by atoms with Crippen LogP contribution in [0.4, 0.5) is 5.82 Å². The third-order valence-corrected chi connectivity index (χ3v) is 7.91. The molecule has 0 unspecified atom stereocenters. The molecule has 0 atom stereocenters. The zero-order valence-corrected chi connectivity index (χ0v) is 26.9. The van der Waals surface area contributed by atoms with Gasteiger partial charge >= 0.3 is 7.82 Å². The summed E-state index contributed by atoms with van der Waals surface area (Å²) in [5.41, 5.74) is 0.754. The monoisotopic (exact) mass is 576 g/mol. The van der Waals surface area contributed by atoms with Crippen molar-refractivity contribution in [3.8, 4) is 16.9 Å². The van der Waals surface area contributed by atoms with Crippen molar-refractivity contribution < 1.29 is 22.9 Å². The molecule has 7 nitrogen and oxygen atoms in total. The molecule has 226 valence electrons. The molecule has 0 aliphatic rings. The summed E-state index contributed by atoms with van der Waals surface area (Å²) in [5.74, 6) is 1.58. The number of benzene rings is 1. The number of hydrogen-bond acceptors (Lipinski definition) is 7. The first-order valence-corrected chi connectivity index (χ1v) is 16.4. The van der Waals surface area contributed by atoms with Crippen molar-refractivity contribution in [3.63, 3.8) is 0 Å². The number of unbranched alkanes of at least 4 members (excludes halogenated alkanes) is 8. The Balaban J connectivity index is 1.81. The van der Waals surface area contributed by atoms with Gasteiger partial charge in [-0.25, -0.2) is 9.55 Å². The molecule has 0 spiro atoms. The van der Waals surface area contributed by atoms with Crippen LogP contribution in [0.2, 0.25) is 0 Å². The molecular weight excluding hydrogens is 523 g/mol. The Morgan fingerprint density at radius 3 is 2.00 bits per heavy atom. The van der Waals surface area contributed by atoms with E-state index in [0.29, 0.717) is 12.4 Å². The lowest BCUT2D eigenvalue weighted by Crippen LogP contribution is -2.25. The molecule has 40 heavy (non-hydrogen) atoms. The largest absolute Gasteiger partial charge is 0.494 e. The first-order chi connectivity index (χ1) is 18.9. The third kappa shape index (κ3) is 15.2. The van der Waals surface area contributed by atoms with Gasteiger partial charge in [0.1, 0.15) is 11.6 Å². The molecule has 1 N–H and O–H groups in total. The second-order valence-corrected chi connectivity index (χ2v) is 13.8. The number of nitrogens with one attached hydrogen (secondary N) is 1. The van der Waals surface area contributed by atoms with Crippen LogP contribution in [0.15, 0.2) is 42.6 Å². The maximum absolute atomic E-state index is 13.2. The van der Waals surface area contributed by atoms with E-state index in [1.54, 1.807) is 6.20 Å². The van der Waals surface area contributed by atoms with Gasteiger partial charge in [0.15, 0.2) is 0 Å². The Labute approximate surface area is 243 Å². The van der Waals surface area contributed by atoms with E-state index in [1.165, 1.54) is 51.4 Å². The zero-order chi connectivity index (χ0) is 29.5. The lowest BCUT2D eigenvalue weighted by atomic mass is 10.1. The lowest BCUT2D eigenvalue weighted by Gasteiger charge is -2.30. The molecule has 0 aliphatic carbocycles. The van der Waals surface area contributed by atoms with Gasteiger partial charge in [0.2, 0.25) is 0 Å². The van der Waals surface area contributed by atoms with E-state index in [-0.39, 0.29) is 6.61 Å². The first-order valence-electron chi connectivity index (χ1n) is 15.0. The molecule has 0 radical (unpaired) electrons. The van der Waals surface area contributed by atoms with E-state index >= 15 is 0 Å². The van der Waals surface area contributed by atoms with Crippen LogP contribution in [-0.2, 0) is 18.1 Å². The van der Waals surface area contributed by atoms with E-state index < -0.39 is 19.0 Å². The van der Waals surface area contributed by atoms with E-state index in [9.17, 15) is 4.57 Å². The van der Waals surface area contributed by atoms with Gasteiger partial charge in [0.05, 0.1) is 24.4 Å². The van der Waals surface area contributed by atoms with Crippen molar-refractivity contribution in [1.82, 2.24) is 4.98 Å². The number of phosphoric acid groups is 1. The number of aromatic nitrogens is 1. The molecule has 0 saturated heterocycles. The van der Waals surface area contributed by atoms with E-state index in [0.717, 1.165) is 29.9 Å². The van der Waals surface area contributed by atoms with Crippen molar-refractivity contribution >= 4 is 13.6 Å². The minimum atomic E-state index is -3.74. The Kier molecular flexibility index (Phi) is 14.7. The molecule has 8 heteroatoms. The summed E-state index contributed by atoms with van der Waals surface area (Å²) in [4.78, 5) is 4.42. The molecule has 0 fully saturated rings. The summed E-state index contributed by atoms with van der Waals surface area (Å²) in [6, 6.07) is 12.1. The standard InChI is InChI=1S/C32H53N2O5P/c1-8-9-10-11-12-13-14-15-16-23-36-29-19-17-18-27(25-29)28-20-21-33-30(26-28)34-22-24-37-40(35,38-31(2,3)4)39-32(5,6)7/h17-21,25-26H,8-16,22-24H2,1-7H3,(H,33,34). The Morgan fingerprint density at radius 2 is 1.38 bits per heavy atom. The number of pyridine rings is 1. The number of rotatable bonds is 19. The fourth-order valence-electron chi connectivity index (χ4n) is 4.15. The van der Waals surface area contributed by atoms with Crippen LogP contribution in [0.1, 0.15) is 106 Å². The Bertz CT molecular complexity index is 1010. The predicted molar refractivity (Wildman–Crippen MR) is 166 cm³/mol. The van der Waals surface area contributed by atoms with Gasteiger partial charge in [-0.1, -0.05) is 70.4 Å². The second-order valence-electron chi connectivity index (χ2n) is 12.2. The Morgan fingerprint density at radius 1 is 0.775 bits per heavy atom. The summed E-state index contributed by atoms with van der Waals surface area (Å²) >= 11 is 0. The van der Waals surface area contributed by atoms with Crippen LogP contribution >= 0.6 is 7.82 Å². The quantitative estimate of drug-likeness (QED) is 0.132. The summed E-state index contributed by atoms with van der Waals surface area (Å²) in [5, 5.41) is 3.24. The molecule has 0 bridgehead atoms. The zero-order valence-electron chi connectivity index (χ0n) is 26.0. The molecule has 1 aromatic heterocycles. The maximum Gasteiger partial charge on any atom is 0.475 e. The van der Waals surface area contributed by atoms with Gasteiger partial charge in [0.25, 0.3) is 0 Å². The number of ether oxygens (including phenoxy) is 1. The van der Waals surface area contributed by atoms with Crippen molar-refractivity contribution in [2.24, 2.45) is 0 Å². The van der Waals surface area contributed by atoms with Gasteiger partial charge in [-0.05, 0) is 83.4 Å². The van der Waals surface area contributed by atoms with Crippen LogP contribution in [0.3, 0.4) is 0 Å². The number of nitrogens with zero attached hydrogens (tertiary/aromatic N) is 1. The first kappa shape index (κ1) is 34.3. The molecule has 2 rings (SSSR count). The van der Waals surface area contributed by atoms with E-state index in [1.807, 2.05) is 65.8 Å². The highest BCUT2D eigenvalue weighted by Gasteiger charge is 2.36. The number of phosphoric ester groups is 1. The highest BCUT2D eigenvalue weighted by atomic mass is 31.2. The van der Waals surface area contributed by atoms with E-state index in [2.05, 4.69) is 29.4 Å². The average molecular weight is 577 g/mol. The Hall–Kier alpha value is -1.92. The molecule has 1 aromatic carbocycles. The molecule has 1 heterocycles. The number of anilines is 1. The van der Waals surface area contributed by atoms with Crippen LogP contribution in [0.25, 0.3) is 11.1 Å². The molecule has 0 saturated carbocycles. The van der Waals surface area contributed by atoms with Gasteiger partial charge in [0, 0.05) is 12.7 Å². The maximum atomic E-state index is 13.2. The number of hydrogen-bond donors (Lipinski definition) is 1. The van der Waals surface area contributed by atoms with Crippen LogP contribution in [0, 0.1) is 0 Å². The lowest BCUT2D eigenvalue weighted by molar-refractivity contribution is 0.00457. The summed E-state index contributed by atoms with van der Waals surface area (Å²) < 4.78 is 36.2. The molecule has 0 amide bonds. The fourth-order valence-corrected chi connectivity index (χ4v) is 5.95. The van der Waals surface area contributed by atoms with Crippen molar-refractivity contribution in [3.05, 3.63) is 42.6 Å². The van der Waals surface area contributed by atoms with Crippen molar-refractivity contribution in [2.45, 2.75) is 117 Å². The molecule has 2 aromatic rings. The summed E-state index contributed by atoms with van der Waals surface area (Å²) in [6.07, 6.45) is 13.5. The third-order valence-electron chi connectivity index (χ3n) is 5.87. The SMILES string of the molecule is CCCCCCCCCCCOc1cccc(-c2ccnc(NCCOP(=O)(OC(C)(C)C)OC(C)(C)C)c2)c1. The normalized spacial score (nSPS) is 12.5. The van der Waals surface area contributed by atoms with Crippen LogP contribution < -0.4 is 10.1 Å². The summed E-state index contributed by atoms with van der Waals surface area (Å²) in [6.45, 7) is 14.4. The van der Waals surface area contributed by atoms with Gasteiger partial charge < -0.3 is 10.1 Å². The van der Waals surface area contributed by atoms with Crippen LogP contribution in [0.5, 0.6) is 5.75 Å². The average Bonchev–Trinajstić information content (AvgIpc) is 2.86. The second kappa shape index (κ2) is 17.1. The smallest absolute Gasteiger partial charge is 0.475 e. The minimum absolute atomic E-state index is 0.136. The van der Waals surface area contributed by atoms with Crippen molar-refractivity contribution in [2.75, 3.05) is 25.1 Å². The van der Waals surface area contributed by atoms with Gasteiger partial charge in [-0.3, -0.25) is 13.6 Å². The minimum Gasteiger partial charge on any atom is -0.494 e. The predicted octanol–water partition coefficient (Wildman–Crippen LogP) is 9.82. The van der Waals surface area contributed by atoms with E-state index in [4.69, 9.17) is 18.3 Å². The topological polar surface area (TPSA) is 78.9 Å². The van der Waals surface area contributed by atoms with Crippen LogP contribution in [-0.4, -0.2) is 35.9 Å². The highest BCUT2D eigenvalue weighted by Crippen LogP contribution is 2.55. The highest BCUT2D eigenvalue weighted by molar-refractivity contribution is 7.48.